The number of hydrogen-bond donors (Lipinski definition) is 0. The lowest BCUT2D eigenvalue weighted by atomic mass is 10.3. The Hall–Kier alpha value is -2.10. The van der Waals surface area contributed by atoms with Crippen LogP contribution in [0.4, 0.5) is 8.78 Å². The molecule has 0 saturated carbocycles. The summed E-state index contributed by atoms with van der Waals surface area (Å²) in [4.78, 5) is 0.0813. The minimum absolute atomic E-state index is 0.115. The lowest BCUT2D eigenvalue weighted by Crippen LogP contribution is -2.19. The summed E-state index contributed by atoms with van der Waals surface area (Å²) in [5.41, 5.74) is 0.663. The number of fused-ring (bicyclic) bond motifs is 1. The highest BCUT2D eigenvalue weighted by Crippen LogP contribution is 2.20. The van der Waals surface area contributed by atoms with Crippen LogP contribution >= 0.6 is 11.3 Å². The first-order valence-electron chi connectivity index (χ1n) is 7.25. The molecule has 9 heteroatoms. The van der Waals surface area contributed by atoms with E-state index >= 15 is 0 Å². The Balaban J connectivity index is 2.18. The average molecular weight is 384 g/mol. The normalized spacial score (nSPS) is 12.8. The van der Waals surface area contributed by atoms with Gasteiger partial charge in [0.05, 0.1) is 21.7 Å². The maximum absolute atomic E-state index is 13.5. The van der Waals surface area contributed by atoms with Gasteiger partial charge in [0.2, 0.25) is 4.80 Å². The molecular formula is C16H14F2N2O3S2. The second-order valence-corrected chi connectivity index (χ2v) is 7.77. The maximum atomic E-state index is 13.5. The maximum Gasteiger partial charge on any atom is 0.285 e. The van der Waals surface area contributed by atoms with E-state index in [0.717, 1.165) is 35.6 Å². The number of methoxy groups -OCH3 is 1. The van der Waals surface area contributed by atoms with E-state index in [4.69, 9.17) is 4.74 Å². The Kier molecular flexibility index (Phi) is 4.98. The molecule has 0 atom stereocenters. The number of thiazole rings is 1. The Morgan fingerprint density at radius 3 is 2.48 bits per heavy atom. The summed E-state index contributed by atoms with van der Waals surface area (Å²) in [7, 11) is -2.49. The zero-order valence-electron chi connectivity index (χ0n) is 13.1. The third-order valence-electron chi connectivity index (χ3n) is 3.47. The molecule has 1 aromatic heterocycles. The SMILES string of the molecule is COCCn1c(=NS(=O)(=O)c2ccc(F)cc2)sc2cc(F)ccc21. The second kappa shape index (κ2) is 7.03. The molecule has 0 bridgehead atoms. The molecule has 0 radical (unpaired) electrons. The lowest BCUT2D eigenvalue weighted by Gasteiger charge is -2.04. The van der Waals surface area contributed by atoms with Gasteiger partial charge in [-0.1, -0.05) is 11.3 Å². The van der Waals surface area contributed by atoms with Crippen LogP contribution in [0, 0.1) is 11.6 Å². The summed E-state index contributed by atoms with van der Waals surface area (Å²) >= 11 is 1.06. The molecule has 3 rings (SSSR count). The fourth-order valence-corrected chi connectivity index (χ4v) is 4.56. The van der Waals surface area contributed by atoms with Gasteiger partial charge < -0.3 is 9.30 Å². The summed E-state index contributed by atoms with van der Waals surface area (Å²) in [6, 6.07) is 8.62. The van der Waals surface area contributed by atoms with Gasteiger partial charge in [-0.05, 0) is 42.5 Å². The predicted octanol–water partition coefficient (Wildman–Crippen LogP) is 2.92. The number of ether oxygens (including phenoxy) is 1. The minimum atomic E-state index is -4.02. The number of aromatic nitrogens is 1. The Morgan fingerprint density at radius 1 is 1.12 bits per heavy atom. The van der Waals surface area contributed by atoms with Crippen molar-refractivity contribution < 1.29 is 21.9 Å². The Morgan fingerprint density at radius 2 is 1.80 bits per heavy atom. The van der Waals surface area contributed by atoms with Gasteiger partial charge in [-0.2, -0.15) is 8.42 Å². The van der Waals surface area contributed by atoms with E-state index in [2.05, 4.69) is 4.40 Å². The van der Waals surface area contributed by atoms with E-state index in [9.17, 15) is 17.2 Å². The third-order valence-corrected chi connectivity index (χ3v) is 5.91. The van der Waals surface area contributed by atoms with E-state index in [-0.39, 0.29) is 9.70 Å². The van der Waals surface area contributed by atoms with Crippen molar-refractivity contribution in [2.75, 3.05) is 13.7 Å². The van der Waals surface area contributed by atoms with Gasteiger partial charge >= 0.3 is 0 Å². The molecule has 0 aliphatic rings. The number of hydrogen-bond acceptors (Lipinski definition) is 4. The van der Waals surface area contributed by atoms with Crippen molar-refractivity contribution >= 4 is 31.6 Å². The van der Waals surface area contributed by atoms with Gasteiger partial charge in [0, 0.05) is 13.7 Å². The van der Waals surface area contributed by atoms with Crippen LogP contribution in [0.25, 0.3) is 10.2 Å². The van der Waals surface area contributed by atoms with E-state index in [0.29, 0.717) is 23.4 Å². The molecule has 0 saturated heterocycles. The first-order chi connectivity index (χ1) is 11.9. The molecule has 0 fully saturated rings. The number of halogens is 2. The molecule has 5 nitrogen and oxygen atoms in total. The second-order valence-electron chi connectivity index (χ2n) is 5.16. The van der Waals surface area contributed by atoms with Crippen molar-refractivity contribution in [2.45, 2.75) is 11.4 Å². The van der Waals surface area contributed by atoms with Crippen LogP contribution in [0.3, 0.4) is 0 Å². The summed E-state index contributed by atoms with van der Waals surface area (Å²) in [6.45, 7) is 0.701. The van der Waals surface area contributed by atoms with Gasteiger partial charge in [-0.3, -0.25) is 0 Å². The first-order valence-corrected chi connectivity index (χ1v) is 9.51. The van der Waals surface area contributed by atoms with Crippen LogP contribution in [-0.4, -0.2) is 26.7 Å². The van der Waals surface area contributed by atoms with Crippen LogP contribution in [0.15, 0.2) is 51.8 Å². The van der Waals surface area contributed by atoms with Crippen LogP contribution in [0.2, 0.25) is 0 Å². The summed E-state index contributed by atoms with van der Waals surface area (Å²) in [5.74, 6) is -0.952. The van der Waals surface area contributed by atoms with Gasteiger partial charge in [-0.25, -0.2) is 8.78 Å². The van der Waals surface area contributed by atoms with Gasteiger partial charge in [-0.15, -0.1) is 4.40 Å². The van der Waals surface area contributed by atoms with E-state index in [1.165, 1.54) is 19.2 Å². The summed E-state index contributed by atoms with van der Waals surface area (Å²) in [6.07, 6.45) is 0. The highest BCUT2D eigenvalue weighted by atomic mass is 32.2. The zero-order chi connectivity index (χ0) is 18.0. The molecule has 25 heavy (non-hydrogen) atoms. The van der Waals surface area contributed by atoms with E-state index in [1.807, 2.05) is 0 Å². The molecule has 0 aliphatic heterocycles. The molecule has 132 valence electrons. The quantitative estimate of drug-likeness (QED) is 0.680. The monoisotopic (exact) mass is 384 g/mol. The molecule has 0 spiro atoms. The summed E-state index contributed by atoms with van der Waals surface area (Å²) < 4.78 is 62.6. The molecular weight excluding hydrogens is 370 g/mol. The van der Waals surface area contributed by atoms with E-state index < -0.39 is 21.7 Å². The topological polar surface area (TPSA) is 60.7 Å². The fourth-order valence-electron chi connectivity index (χ4n) is 2.28. The van der Waals surface area contributed by atoms with Gasteiger partial charge in [0.1, 0.15) is 11.6 Å². The highest BCUT2D eigenvalue weighted by molar-refractivity contribution is 7.90. The number of rotatable bonds is 5. The molecule has 1 heterocycles. The predicted molar refractivity (Wildman–Crippen MR) is 90.8 cm³/mol. The number of nitrogens with zero attached hydrogens (tertiary/aromatic N) is 2. The molecule has 2 aromatic carbocycles. The average Bonchev–Trinajstić information content (AvgIpc) is 2.88. The lowest BCUT2D eigenvalue weighted by molar-refractivity contribution is 0.187. The van der Waals surface area contributed by atoms with Crippen LogP contribution < -0.4 is 4.80 Å². The first kappa shape index (κ1) is 17.7. The van der Waals surface area contributed by atoms with Gasteiger partial charge in [0.15, 0.2) is 0 Å². The van der Waals surface area contributed by atoms with Crippen molar-refractivity contribution in [1.29, 1.82) is 0 Å². The Labute approximate surface area is 146 Å². The fraction of sp³-hybridized carbons (Fsp3) is 0.188. The molecule has 0 unspecified atom stereocenters. The zero-order valence-corrected chi connectivity index (χ0v) is 14.8. The number of sulfonamides is 1. The molecule has 3 aromatic rings. The highest BCUT2D eigenvalue weighted by Gasteiger charge is 2.15. The smallest absolute Gasteiger partial charge is 0.285 e. The number of benzene rings is 2. The molecule has 0 aliphatic carbocycles. The largest absolute Gasteiger partial charge is 0.383 e. The van der Waals surface area contributed by atoms with Crippen molar-refractivity contribution in [3.05, 3.63) is 58.9 Å². The standard InChI is InChI=1S/C16H14F2N2O3S2/c1-23-9-8-20-14-7-4-12(18)10-15(14)24-16(20)19-25(21,22)13-5-2-11(17)3-6-13/h2-7,10H,8-9H2,1H3. The minimum Gasteiger partial charge on any atom is -0.383 e. The third kappa shape index (κ3) is 3.78. The van der Waals surface area contributed by atoms with Crippen molar-refractivity contribution in [3.8, 4) is 0 Å². The van der Waals surface area contributed by atoms with Crippen molar-refractivity contribution in [2.24, 2.45) is 4.40 Å². The van der Waals surface area contributed by atoms with Crippen molar-refractivity contribution in [1.82, 2.24) is 4.57 Å². The Bertz CT molecular complexity index is 1070. The van der Waals surface area contributed by atoms with Crippen LogP contribution in [0.5, 0.6) is 0 Å². The van der Waals surface area contributed by atoms with Crippen LogP contribution in [-0.2, 0) is 21.3 Å². The van der Waals surface area contributed by atoms with Crippen LogP contribution in [0.1, 0.15) is 0 Å². The molecule has 0 N–H and O–H groups in total. The summed E-state index contributed by atoms with van der Waals surface area (Å²) in [5, 5.41) is 0. The van der Waals surface area contributed by atoms with Crippen molar-refractivity contribution in [3.63, 3.8) is 0 Å². The molecule has 0 amide bonds. The van der Waals surface area contributed by atoms with Gasteiger partial charge in [0.25, 0.3) is 10.0 Å². The van der Waals surface area contributed by atoms with E-state index in [1.54, 1.807) is 10.6 Å².